The van der Waals surface area contributed by atoms with E-state index in [1.54, 1.807) is 0 Å². The summed E-state index contributed by atoms with van der Waals surface area (Å²) in [5.74, 6) is 1.65. The van der Waals surface area contributed by atoms with Gasteiger partial charge in [-0.05, 0) is 136 Å². The number of nitrogens with zero attached hydrogens (tertiary/aromatic N) is 2. The molecule has 0 saturated carbocycles. The van der Waals surface area contributed by atoms with Crippen LogP contribution in [0.25, 0.3) is 44.5 Å². The molecular weight excluding hydrogens is 1030 g/mol. The highest BCUT2D eigenvalue weighted by atomic mass is 16.5. The molecule has 3 aliphatic heterocycles. The Kier molecular flexibility index (Phi) is 11.4. The van der Waals surface area contributed by atoms with E-state index in [9.17, 15) is 0 Å². The molecule has 85 heavy (non-hydrogen) atoms. The van der Waals surface area contributed by atoms with Gasteiger partial charge in [-0.25, -0.2) is 0 Å². The van der Waals surface area contributed by atoms with E-state index in [1.165, 1.54) is 94.5 Å². The Bertz CT molecular complexity index is 4550. The third-order valence-corrected chi connectivity index (χ3v) is 18.5. The number of anilines is 6. The fourth-order valence-electron chi connectivity index (χ4n) is 15.0. The van der Waals surface area contributed by atoms with E-state index < -0.39 is 5.41 Å². The van der Waals surface area contributed by atoms with E-state index in [2.05, 4.69) is 319 Å². The Morgan fingerprint density at radius 3 is 1.11 bits per heavy atom. The molecule has 398 valence electrons. The van der Waals surface area contributed by atoms with Crippen molar-refractivity contribution >= 4 is 57.2 Å². The van der Waals surface area contributed by atoms with E-state index in [1.807, 2.05) is 0 Å². The quantitative estimate of drug-likeness (QED) is 0.160. The predicted molar refractivity (Wildman–Crippen MR) is 353 cm³/mol. The maximum atomic E-state index is 7.68. The molecule has 0 bridgehead atoms. The van der Waals surface area contributed by atoms with E-state index in [0.717, 1.165) is 69.4 Å². The van der Waals surface area contributed by atoms with Crippen molar-refractivity contribution in [1.29, 1.82) is 0 Å². The van der Waals surface area contributed by atoms with Crippen LogP contribution in [0.2, 0.25) is 0 Å². The van der Waals surface area contributed by atoms with Crippen molar-refractivity contribution < 1.29 is 4.74 Å². The zero-order valence-corrected chi connectivity index (χ0v) is 46.7. The molecule has 4 aliphatic rings. The fourth-order valence-corrected chi connectivity index (χ4v) is 15.0. The lowest BCUT2D eigenvalue weighted by molar-refractivity contribution is 0.488. The SMILES string of the molecule is c1ccc(-c2cccc(-c3ccccc3)c2B2c3ccc(N4c5ccccc5Cc5ccccc5-c5ccccc5Cc5ccccc54)cc3Oc3cc(N4c5ccccc5C5(c6ccccc6-c6ccccc65)c5ccccc54)ccc32)cc1. The average Bonchev–Trinajstić information content (AvgIpc) is 1.69. The van der Waals surface area contributed by atoms with E-state index >= 15 is 0 Å². The molecule has 0 N–H and O–H groups in total. The van der Waals surface area contributed by atoms with Crippen LogP contribution >= 0.6 is 0 Å². The molecule has 0 amide bonds. The highest BCUT2D eigenvalue weighted by Crippen LogP contribution is 2.63. The van der Waals surface area contributed by atoms with Crippen LogP contribution in [0, 0.1) is 0 Å². The van der Waals surface area contributed by atoms with Gasteiger partial charge in [0, 0.05) is 47.7 Å². The van der Waals surface area contributed by atoms with Gasteiger partial charge in [0.2, 0.25) is 0 Å². The van der Waals surface area contributed by atoms with Crippen LogP contribution in [0.5, 0.6) is 11.5 Å². The molecule has 0 aromatic heterocycles. The smallest absolute Gasteiger partial charge is 0.252 e. The highest BCUT2D eigenvalue weighted by molar-refractivity contribution is 6.98. The lowest BCUT2D eigenvalue weighted by Gasteiger charge is -2.45. The second-order valence-electron chi connectivity index (χ2n) is 22.9. The highest BCUT2D eigenvalue weighted by Gasteiger charge is 2.51. The number of benzene rings is 13. The average molecular weight is 1080 g/mol. The van der Waals surface area contributed by atoms with Gasteiger partial charge in [0.25, 0.3) is 6.71 Å². The molecule has 17 rings (SSSR count). The molecule has 0 atom stereocenters. The number of hydrogen-bond acceptors (Lipinski definition) is 3. The van der Waals surface area contributed by atoms with Crippen molar-refractivity contribution in [2.45, 2.75) is 18.3 Å². The molecule has 0 saturated heterocycles. The summed E-state index contributed by atoms with van der Waals surface area (Å²) in [4.78, 5) is 4.98. The maximum Gasteiger partial charge on any atom is 0.252 e. The summed E-state index contributed by atoms with van der Waals surface area (Å²) in [5, 5.41) is 0. The normalized spacial score (nSPS) is 13.7. The van der Waals surface area contributed by atoms with Crippen molar-refractivity contribution in [3.8, 4) is 56.0 Å². The number of hydrogen-bond donors (Lipinski definition) is 0. The number of rotatable bonds is 5. The standard InChI is InChI=1S/C81H55BN2O/c1-3-24-54(25-4-1)64-36-23-37-65(55-26-5-2-6-27-55)80(64)82-72-48-46-60(83-74-42-19-9-30-58(74)50-56-28-7-11-32-62(56)63-33-12-8-29-57(63)51-59-31-10-20-43-75(59)83)52-78(72)85-79-53-61(47-49-73(79)82)84-76-44-21-17-40-70(76)81(71-41-18-22-45-77(71)84)68-38-15-13-34-66(68)67-35-14-16-39-69(67)81/h1-49,52-53H,50-51H2. The first-order chi connectivity index (χ1) is 42.2. The van der Waals surface area contributed by atoms with Gasteiger partial charge in [-0.2, -0.15) is 0 Å². The Morgan fingerprint density at radius 2 is 0.635 bits per heavy atom. The van der Waals surface area contributed by atoms with Gasteiger partial charge in [-0.15, -0.1) is 0 Å². The van der Waals surface area contributed by atoms with E-state index in [0.29, 0.717) is 0 Å². The molecule has 1 aliphatic carbocycles. The summed E-state index contributed by atoms with van der Waals surface area (Å²) in [6.45, 7) is -0.223. The lowest BCUT2D eigenvalue weighted by atomic mass is 9.34. The number of ether oxygens (including phenoxy) is 1. The van der Waals surface area contributed by atoms with Crippen LogP contribution in [0.1, 0.15) is 44.5 Å². The fraction of sp³-hybridized carbons (Fsp3) is 0.0370. The van der Waals surface area contributed by atoms with Gasteiger partial charge in [-0.1, -0.05) is 266 Å². The van der Waals surface area contributed by atoms with E-state index in [4.69, 9.17) is 4.74 Å². The maximum absolute atomic E-state index is 7.68. The summed E-state index contributed by atoms with van der Waals surface area (Å²) in [6, 6.07) is 115. The van der Waals surface area contributed by atoms with Crippen LogP contribution in [-0.2, 0) is 18.3 Å². The molecule has 0 radical (unpaired) electrons. The predicted octanol–water partition coefficient (Wildman–Crippen LogP) is 18.4. The van der Waals surface area contributed by atoms with Crippen molar-refractivity contribution in [1.82, 2.24) is 0 Å². The van der Waals surface area contributed by atoms with Crippen LogP contribution in [0.4, 0.5) is 34.1 Å². The minimum atomic E-state index is -0.523. The first-order valence-corrected chi connectivity index (χ1v) is 29.7. The largest absolute Gasteiger partial charge is 0.458 e. The summed E-state index contributed by atoms with van der Waals surface area (Å²) in [5.41, 5.74) is 29.6. The van der Waals surface area contributed by atoms with Crippen molar-refractivity contribution in [3.05, 3.63) is 354 Å². The van der Waals surface area contributed by atoms with Crippen LogP contribution in [0.3, 0.4) is 0 Å². The summed E-state index contributed by atoms with van der Waals surface area (Å²) < 4.78 is 7.68. The zero-order chi connectivity index (χ0) is 56.0. The molecule has 0 fully saturated rings. The summed E-state index contributed by atoms with van der Waals surface area (Å²) >= 11 is 0. The van der Waals surface area contributed by atoms with E-state index in [-0.39, 0.29) is 6.71 Å². The van der Waals surface area contributed by atoms with Crippen LogP contribution in [-0.4, -0.2) is 6.71 Å². The third-order valence-electron chi connectivity index (χ3n) is 18.5. The molecule has 3 nitrogen and oxygen atoms in total. The Labute approximate surface area is 497 Å². The van der Waals surface area contributed by atoms with Crippen molar-refractivity contribution in [2.24, 2.45) is 0 Å². The molecule has 13 aromatic carbocycles. The second kappa shape index (κ2) is 19.8. The Balaban J connectivity index is 0.895. The van der Waals surface area contributed by atoms with Gasteiger partial charge >= 0.3 is 0 Å². The van der Waals surface area contributed by atoms with Crippen molar-refractivity contribution in [2.75, 3.05) is 9.80 Å². The van der Waals surface area contributed by atoms with Crippen LogP contribution in [0.15, 0.2) is 309 Å². The minimum Gasteiger partial charge on any atom is -0.458 e. The Morgan fingerprint density at radius 1 is 0.282 bits per heavy atom. The molecule has 3 heterocycles. The molecule has 4 heteroatoms. The molecule has 1 spiro atoms. The van der Waals surface area contributed by atoms with Gasteiger partial charge in [0.1, 0.15) is 11.5 Å². The van der Waals surface area contributed by atoms with Gasteiger partial charge in [0.05, 0.1) is 16.8 Å². The first kappa shape index (κ1) is 49.0. The molecule has 13 aromatic rings. The second-order valence-corrected chi connectivity index (χ2v) is 22.9. The molecule has 0 unspecified atom stereocenters. The lowest BCUT2D eigenvalue weighted by Crippen LogP contribution is -2.56. The topological polar surface area (TPSA) is 15.7 Å². The molecular formula is C81H55BN2O. The zero-order valence-electron chi connectivity index (χ0n) is 46.7. The number of fused-ring (bicyclic) bond motifs is 16. The third kappa shape index (κ3) is 7.62. The van der Waals surface area contributed by atoms with Gasteiger partial charge < -0.3 is 14.5 Å². The summed E-state index contributed by atoms with van der Waals surface area (Å²) in [7, 11) is 0. The Hall–Kier alpha value is -10.7. The first-order valence-electron chi connectivity index (χ1n) is 29.7. The van der Waals surface area contributed by atoms with Crippen molar-refractivity contribution in [3.63, 3.8) is 0 Å². The van der Waals surface area contributed by atoms with Gasteiger partial charge in [-0.3, -0.25) is 0 Å². The monoisotopic (exact) mass is 1080 g/mol. The van der Waals surface area contributed by atoms with Crippen LogP contribution < -0.4 is 30.9 Å². The minimum absolute atomic E-state index is 0.223. The number of para-hydroxylation sites is 4. The summed E-state index contributed by atoms with van der Waals surface area (Å²) in [6.07, 6.45) is 1.53. The van der Waals surface area contributed by atoms with Gasteiger partial charge in [0.15, 0.2) is 0 Å².